The Hall–Kier alpha value is -3.09. The van der Waals surface area contributed by atoms with Gasteiger partial charge in [-0.3, -0.25) is 4.79 Å². The van der Waals surface area contributed by atoms with E-state index in [1.165, 1.54) is 0 Å². The first-order valence-electron chi connectivity index (χ1n) is 8.70. The molecule has 27 heavy (non-hydrogen) atoms. The normalized spacial score (nSPS) is 17.5. The highest BCUT2D eigenvalue weighted by Crippen LogP contribution is 2.28. The minimum Gasteiger partial charge on any atom is -0.497 e. The molecule has 7 heteroatoms. The van der Waals surface area contributed by atoms with Crippen molar-refractivity contribution in [1.82, 2.24) is 4.90 Å². The number of rotatable bonds is 5. The van der Waals surface area contributed by atoms with Gasteiger partial charge in [0.05, 0.1) is 19.6 Å². The number of imide groups is 1. The summed E-state index contributed by atoms with van der Waals surface area (Å²) < 4.78 is 15.1. The van der Waals surface area contributed by atoms with Gasteiger partial charge in [0.1, 0.15) is 12.4 Å². The molecule has 0 aromatic heterocycles. The van der Waals surface area contributed by atoms with Crippen LogP contribution >= 0.6 is 0 Å². The number of ether oxygens (including phenoxy) is 3. The zero-order valence-electron chi connectivity index (χ0n) is 15.4. The lowest BCUT2D eigenvalue weighted by Gasteiger charge is -2.22. The predicted octanol–water partition coefficient (Wildman–Crippen LogP) is 2.86. The Bertz CT molecular complexity index is 893. The molecule has 2 aromatic carbocycles. The van der Waals surface area contributed by atoms with Crippen molar-refractivity contribution >= 4 is 28.7 Å². The van der Waals surface area contributed by atoms with Crippen molar-refractivity contribution in [2.75, 3.05) is 20.3 Å². The largest absolute Gasteiger partial charge is 0.497 e. The topological polar surface area (TPSA) is 82.1 Å². The molecule has 7 nitrogen and oxygen atoms in total. The molecule has 2 atom stereocenters. The summed E-state index contributed by atoms with van der Waals surface area (Å²) in [5.41, 5.74) is 0.736. The van der Waals surface area contributed by atoms with Crippen LogP contribution in [0.25, 0.3) is 10.8 Å². The van der Waals surface area contributed by atoms with E-state index in [2.05, 4.69) is 0 Å². The van der Waals surface area contributed by atoms with Gasteiger partial charge >= 0.3 is 12.1 Å². The third kappa shape index (κ3) is 3.58. The Labute approximate surface area is 156 Å². The number of esters is 1. The summed E-state index contributed by atoms with van der Waals surface area (Å²) in [4.78, 5) is 37.8. The van der Waals surface area contributed by atoms with Crippen LogP contribution in [-0.2, 0) is 19.1 Å². The quantitative estimate of drug-likeness (QED) is 0.752. The van der Waals surface area contributed by atoms with Crippen LogP contribution in [0.4, 0.5) is 4.79 Å². The smallest absolute Gasteiger partial charge is 0.417 e. The van der Waals surface area contributed by atoms with E-state index >= 15 is 0 Å². The summed E-state index contributed by atoms with van der Waals surface area (Å²) in [6.45, 7) is 3.33. The Kier molecular flexibility index (Phi) is 5.30. The molecular formula is C20H21NO6. The fourth-order valence-corrected chi connectivity index (χ4v) is 3.07. The maximum Gasteiger partial charge on any atom is 0.417 e. The van der Waals surface area contributed by atoms with Crippen LogP contribution in [0, 0.1) is 0 Å². The molecule has 0 saturated carbocycles. The minimum absolute atomic E-state index is 0.162. The molecule has 0 radical (unpaired) electrons. The highest BCUT2D eigenvalue weighted by Gasteiger charge is 2.44. The molecule has 0 bridgehead atoms. The second-order valence-corrected chi connectivity index (χ2v) is 6.25. The molecule has 142 valence electrons. The average Bonchev–Trinajstić information content (AvgIpc) is 3.07. The van der Waals surface area contributed by atoms with Gasteiger partial charge in [-0.2, -0.15) is 0 Å². The second kappa shape index (κ2) is 7.65. The lowest BCUT2D eigenvalue weighted by Crippen LogP contribution is -2.46. The summed E-state index contributed by atoms with van der Waals surface area (Å²) in [5, 5.41) is 1.92. The Morgan fingerprint density at radius 2 is 1.93 bits per heavy atom. The fraction of sp³-hybridized carbons (Fsp3) is 0.350. The maximum atomic E-state index is 12.9. The van der Waals surface area contributed by atoms with E-state index < -0.39 is 29.9 Å². The highest BCUT2D eigenvalue weighted by atomic mass is 16.6. The van der Waals surface area contributed by atoms with Gasteiger partial charge in [0, 0.05) is 0 Å². The molecule has 0 spiro atoms. The van der Waals surface area contributed by atoms with Gasteiger partial charge in [0.25, 0.3) is 0 Å². The summed E-state index contributed by atoms with van der Waals surface area (Å²) in [7, 11) is 1.60. The van der Waals surface area contributed by atoms with Crippen molar-refractivity contribution in [3.05, 3.63) is 42.0 Å². The van der Waals surface area contributed by atoms with E-state index in [9.17, 15) is 14.4 Å². The van der Waals surface area contributed by atoms with Crippen molar-refractivity contribution in [3.8, 4) is 5.75 Å². The lowest BCUT2D eigenvalue weighted by molar-refractivity contribution is -0.151. The molecule has 1 aliphatic rings. The van der Waals surface area contributed by atoms with Crippen molar-refractivity contribution in [2.24, 2.45) is 0 Å². The molecule has 1 saturated heterocycles. The van der Waals surface area contributed by atoms with Crippen LogP contribution < -0.4 is 4.74 Å². The number of fused-ring (bicyclic) bond motifs is 1. The molecule has 0 N–H and O–H groups in total. The number of nitrogens with zero attached hydrogens (tertiary/aromatic N) is 1. The van der Waals surface area contributed by atoms with Crippen molar-refractivity contribution < 1.29 is 28.6 Å². The Morgan fingerprint density at radius 3 is 2.63 bits per heavy atom. The molecule has 1 fully saturated rings. The van der Waals surface area contributed by atoms with Crippen LogP contribution in [0.5, 0.6) is 5.75 Å². The van der Waals surface area contributed by atoms with Crippen molar-refractivity contribution in [2.45, 2.75) is 25.8 Å². The first-order valence-corrected chi connectivity index (χ1v) is 8.70. The standard InChI is InChI=1S/C20H21NO6/c1-4-26-19(23)17-11-27-20(24)21(17)18(22)12(2)13-5-6-15-10-16(25-3)8-7-14(15)9-13/h5-10,12,17H,4,11H2,1-3H3/t12-,17-/m0/s1. The summed E-state index contributed by atoms with van der Waals surface area (Å²) in [5.74, 6) is -1.02. The summed E-state index contributed by atoms with van der Waals surface area (Å²) in [6.07, 6.45) is -0.824. The van der Waals surface area contributed by atoms with Gasteiger partial charge < -0.3 is 14.2 Å². The zero-order valence-corrected chi connectivity index (χ0v) is 15.4. The second-order valence-electron chi connectivity index (χ2n) is 6.25. The van der Waals surface area contributed by atoms with Crippen LogP contribution in [0.2, 0.25) is 0 Å². The predicted molar refractivity (Wildman–Crippen MR) is 97.5 cm³/mol. The maximum absolute atomic E-state index is 12.9. The number of hydrogen-bond acceptors (Lipinski definition) is 6. The molecule has 3 rings (SSSR count). The van der Waals surface area contributed by atoms with Gasteiger partial charge in [-0.25, -0.2) is 14.5 Å². The minimum atomic E-state index is -1.04. The van der Waals surface area contributed by atoms with Gasteiger partial charge in [-0.05, 0) is 42.3 Å². The number of amides is 2. The first-order chi connectivity index (χ1) is 13.0. The van der Waals surface area contributed by atoms with E-state index in [0.29, 0.717) is 0 Å². The van der Waals surface area contributed by atoms with Crippen LogP contribution in [0.3, 0.4) is 0 Å². The zero-order chi connectivity index (χ0) is 19.6. The number of carbonyl (C=O) groups excluding carboxylic acids is 3. The van der Waals surface area contributed by atoms with Crippen molar-refractivity contribution in [1.29, 1.82) is 0 Å². The van der Waals surface area contributed by atoms with Gasteiger partial charge in [0.2, 0.25) is 5.91 Å². The third-order valence-electron chi connectivity index (χ3n) is 4.61. The monoisotopic (exact) mass is 371 g/mol. The summed E-state index contributed by atoms with van der Waals surface area (Å²) >= 11 is 0. The lowest BCUT2D eigenvalue weighted by atomic mass is 9.96. The third-order valence-corrected chi connectivity index (χ3v) is 4.61. The number of cyclic esters (lactones) is 1. The van der Waals surface area contributed by atoms with Gasteiger partial charge in [-0.1, -0.05) is 24.3 Å². The van der Waals surface area contributed by atoms with E-state index in [4.69, 9.17) is 14.2 Å². The Balaban J connectivity index is 1.86. The number of hydrogen-bond donors (Lipinski definition) is 0. The van der Waals surface area contributed by atoms with E-state index in [-0.39, 0.29) is 13.2 Å². The SMILES string of the molecule is CCOC(=O)[C@@H]1COC(=O)N1C(=O)[C@@H](C)c1ccc2cc(OC)ccc2c1. The number of methoxy groups -OCH3 is 1. The molecular weight excluding hydrogens is 350 g/mol. The first kappa shape index (κ1) is 18.7. The Morgan fingerprint density at radius 1 is 1.22 bits per heavy atom. The molecule has 2 aromatic rings. The highest BCUT2D eigenvalue weighted by molar-refractivity contribution is 6.01. The fourth-order valence-electron chi connectivity index (χ4n) is 3.07. The van der Waals surface area contributed by atoms with E-state index in [1.807, 2.05) is 36.4 Å². The van der Waals surface area contributed by atoms with Crippen molar-refractivity contribution in [3.63, 3.8) is 0 Å². The molecule has 0 aliphatic carbocycles. The van der Waals surface area contributed by atoms with Gasteiger partial charge in [0.15, 0.2) is 6.04 Å². The van der Waals surface area contributed by atoms with Crippen LogP contribution in [0.1, 0.15) is 25.3 Å². The molecule has 2 amide bonds. The summed E-state index contributed by atoms with van der Waals surface area (Å²) in [6, 6.07) is 10.2. The molecule has 1 heterocycles. The molecule has 0 unspecified atom stereocenters. The number of carbonyl (C=O) groups is 3. The van der Waals surface area contributed by atoms with Gasteiger partial charge in [-0.15, -0.1) is 0 Å². The average molecular weight is 371 g/mol. The molecule has 1 aliphatic heterocycles. The van der Waals surface area contributed by atoms with E-state index in [0.717, 1.165) is 27.0 Å². The number of benzene rings is 2. The van der Waals surface area contributed by atoms with Crippen LogP contribution in [0.15, 0.2) is 36.4 Å². The van der Waals surface area contributed by atoms with Crippen LogP contribution in [-0.4, -0.2) is 49.2 Å². The van der Waals surface area contributed by atoms with E-state index in [1.54, 1.807) is 21.0 Å².